The summed E-state index contributed by atoms with van der Waals surface area (Å²) in [5.74, 6) is 2.17. The Morgan fingerprint density at radius 1 is 1.35 bits per heavy atom. The van der Waals surface area contributed by atoms with E-state index in [1.54, 1.807) is 0 Å². The van der Waals surface area contributed by atoms with Gasteiger partial charge in [0.2, 0.25) is 5.95 Å². The van der Waals surface area contributed by atoms with Gasteiger partial charge in [-0.05, 0) is 31.0 Å². The van der Waals surface area contributed by atoms with Gasteiger partial charge >= 0.3 is 0 Å². The van der Waals surface area contributed by atoms with E-state index in [2.05, 4.69) is 32.3 Å². The number of nitrogens with two attached hydrogens (primary N) is 1. The molecule has 3 N–H and O–H groups in total. The van der Waals surface area contributed by atoms with Crippen molar-refractivity contribution in [2.45, 2.75) is 24.3 Å². The fourth-order valence-electron chi connectivity index (χ4n) is 3.46. The van der Waals surface area contributed by atoms with E-state index in [9.17, 15) is 0 Å². The van der Waals surface area contributed by atoms with Gasteiger partial charge in [-0.25, -0.2) is 4.98 Å². The van der Waals surface area contributed by atoms with E-state index in [4.69, 9.17) is 22.1 Å². The second kappa shape index (κ2) is 7.50. The van der Waals surface area contributed by atoms with Crippen molar-refractivity contribution in [3.8, 4) is 0 Å². The van der Waals surface area contributed by atoms with Gasteiger partial charge in [0.1, 0.15) is 5.82 Å². The van der Waals surface area contributed by atoms with E-state index in [1.807, 2.05) is 24.8 Å². The monoisotopic (exact) mass is 391 g/mol. The Morgan fingerprint density at radius 3 is 3.08 bits per heavy atom. The van der Waals surface area contributed by atoms with E-state index < -0.39 is 0 Å². The van der Waals surface area contributed by atoms with Crippen molar-refractivity contribution in [3.63, 3.8) is 0 Å². The number of nitrogens with one attached hydrogen (secondary N) is 1. The first-order valence-electron chi connectivity index (χ1n) is 8.77. The summed E-state index contributed by atoms with van der Waals surface area (Å²) in [6.07, 6.45) is 0.927. The van der Waals surface area contributed by atoms with Crippen LogP contribution in [0.4, 0.5) is 17.5 Å². The number of hydrogen-bond acceptors (Lipinski definition) is 7. The van der Waals surface area contributed by atoms with E-state index in [0.717, 1.165) is 59.7 Å². The van der Waals surface area contributed by atoms with Gasteiger partial charge in [-0.1, -0.05) is 11.6 Å². The Morgan fingerprint density at radius 2 is 2.23 bits per heavy atom. The first kappa shape index (κ1) is 17.7. The van der Waals surface area contributed by atoms with Gasteiger partial charge in [-0.2, -0.15) is 4.98 Å². The SMILES string of the molecule is Cc1cc(N2CCCOC[C@H]2c2cc3c(cc2Cl)SCCN3)nc(N)n1. The molecule has 0 bridgehead atoms. The van der Waals surface area contributed by atoms with Gasteiger partial charge in [0.15, 0.2) is 0 Å². The standard InChI is InChI=1S/C18H22ClN5OS/c1-11-7-17(23-18(20)22-11)24-4-2-5-25-10-15(24)12-8-14-16(9-13(12)19)26-6-3-21-14/h7-9,15,21H,2-6,10H2,1H3,(H2,20,22,23)/t15-/m0/s1. The summed E-state index contributed by atoms with van der Waals surface area (Å²) in [7, 11) is 0. The van der Waals surface area contributed by atoms with Crippen molar-refractivity contribution in [1.82, 2.24) is 9.97 Å². The Kier molecular flexibility index (Phi) is 5.11. The molecule has 1 saturated heterocycles. The first-order valence-corrected chi connectivity index (χ1v) is 10.1. The highest BCUT2D eigenvalue weighted by Gasteiger charge is 2.28. The van der Waals surface area contributed by atoms with E-state index in [1.165, 1.54) is 4.90 Å². The Hall–Kier alpha value is -1.70. The zero-order chi connectivity index (χ0) is 18.1. The molecule has 2 aliphatic rings. The lowest BCUT2D eigenvalue weighted by Gasteiger charge is -2.32. The molecular formula is C18H22ClN5OS. The Bertz CT molecular complexity index is 798. The number of nitrogen functional groups attached to an aromatic ring is 1. The maximum absolute atomic E-state index is 6.68. The van der Waals surface area contributed by atoms with Crippen LogP contribution in [0.2, 0.25) is 5.02 Å². The number of thioether (sulfide) groups is 1. The minimum Gasteiger partial charge on any atom is -0.383 e. The summed E-state index contributed by atoms with van der Waals surface area (Å²) in [5.41, 5.74) is 8.94. The summed E-state index contributed by atoms with van der Waals surface area (Å²) in [6.45, 7) is 5.01. The molecule has 138 valence electrons. The van der Waals surface area contributed by atoms with Crippen molar-refractivity contribution in [2.75, 3.05) is 48.0 Å². The van der Waals surface area contributed by atoms with Crippen LogP contribution < -0.4 is 16.0 Å². The van der Waals surface area contributed by atoms with Crippen LogP contribution in [0.1, 0.15) is 23.7 Å². The van der Waals surface area contributed by atoms with Crippen LogP contribution in [0.5, 0.6) is 0 Å². The van der Waals surface area contributed by atoms with Crippen molar-refractivity contribution in [1.29, 1.82) is 0 Å². The highest BCUT2D eigenvalue weighted by Crippen LogP contribution is 2.40. The molecule has 26 heavy (non-hydrogen) atoms. The van der Waals surface area contributed by atoms with Crippen LogP contribution in [0.3, 0.4) is 0 Å². The molecule has 0 saturated carbocycles. The highest BCUT2D eigenvalue weighted by molar-refractivity contribution is 7.99. The lowest BCUT2D eigenvalue weighted by atomic mass is 10.0. The van der Waals surface area contributed by atoms with Crippen LogP contribution in [0, 0.1) is 6.92 Å². The molecule has 2 aromatic rings. The fourth-order valence-corrected chi connectivity index (χ4v) is 4.73. The minimum absolute atomic E-state index is 0.0160. The normalized spacial score (nSPS) is 20.2. The second-order valence-corrected chi connectivity index (χ2v) is 8.05. The molecule has 0 amide bonds. The van der Waals surface area contributed by atoms with Gasteiger partial charge < -0.3 is 20.7 Å². The van der Waals surface area contributed by atoms with Crippen molar-refractivity contribution in [2.24, 2.45) is 0 Å². The van der Waals surface area contributed by atoms with Crippen LogP contribution in [-0.4, -0.2) is 42.0 Å². The van der Waals surface area contributed by atoms with Crippen LogP contribution in [0.15, 0.2) is 23.1 Å². The number of benzene rings is 1. The molecule has 8 heteroatoms. The zero-order valence-corrected chi connectivity index (χ0v) is 16.2. The third-order valence-corrected chi connectivity index (χ3v) is 6.01. The van der Waals surface area contributed by atoms with Gasteiger partial charge in [0.25, 0.3) is 0 Å². The molecule has 4 rings (SSSR count). The minimum atomic E-state index is -0.0160. The van der Waals surface area contributed by atoms with Gasteiger partial charge in [0.05, 0.1) is 12.6 Å². The molecule has 0 radical (unpaired) electrons. The average molecular weight is 392 g/mol. The van der Waals surface area contributed by atoms with Crippen LogP contribution >= 0.6 is 23.4 Å². The third kappa shape index (κ3) is 3.56. The van der Waals surface area contributed by atoms with E-state index >= 15 is 0 Å². The molecule has 0 aliphatic carbocycles. The summed E-state index contributed by atoms with van der Waals surface area (Å²) >= 11 is 8.52. The lowest BCUT2D eigenvalue weighted by Crippen LogP contribution is -2.32. The maximum Gasteiger partial charge on any atom is 0.222 e. The average Bonchev–Trinajstić information content (AvgIpc) is 2.86. The quantitative estimate of drug-likeness (QED) is 0.811. The summed E-state index contributed by atoms with van der Waals surface area (Å²) in [6, 6.07) is 6.17. The fraction of sp³-hybridized carbons (Fsp3) is 0.444. The molecule has 1 aromatic carbocycles. The molecule has 2 aliphatic heterocycles. The van der Waals surface area contributed by atoms with Gasteiger partial charge in [-0.15, -0.1) is 11.8 Å². The van der Waals surface area contributed by atoms with Crippen molar-refractivity contribution < 1.29 is 4.74 Å². The number of nitrogens with zero attached hydrogens (tertiary/aromatic N) is 3. The molecule has 0 spiro atoms. The highest BCUT2D eigenvalue weighted by atomic mass is 35.5. The number of halogens is 1. The molecule has 3 heterocycles. The Labute approximate surface area is 162 Å². The molecule has 1 atom stereocenters. The number of rotatable bonds is 2. The van der Waals surface area contributed by atoms with E-state index in [0.29, 0.717) is 12.6 Å². The molecule has 0 unspecified atom stereocenters. The maximum atomic E-state index is 6.68. The van der Waals surface area contributed by atoms with Crippen molar-refractivity contribution in [3.05, 3.63) is 34.5 Å². The number of ether oxygens (including phenoxy) is 1. The predicted octanol–water partition coefficient (Wildman–Crippen LogP) is 3.51. The summed E-state index contributed by atoms with van der Waals surface area (Å²) in [5, 5.41) is 4.24. The number of hydrogen-bond donors (Lipinski definition) is 2. The van der Waals surface area contributed by atoms with E-state index in [-0.39, 0.29) is 6.04 Å². The van der Waals surface area contributed by atoms with Crippen molar-refractivity contribution >= 4 is 40.8 Å². The lowest BCUT2D eigenvalue weighted by molar-refractivity contribution is 0.134. The van der Waals surface area contributed by atoms with Gasteiger partial charge in [-0.3, -0.25) is 0 Å². The molecular weight excluding hydrogens is 370 g/mol. The first-order chi connectivity index (χ1) is 12.6. The zero-order valence-electron chi connectivity index (χ0n) is 14.7. The summed E-state index contributed by atoms with van der Waals surface area (Å²) < 4.78 is 5.87. The topological polar surface area (TPSA) is 76.3 Å². The molecule has 1 fully saturated rings. The Balaban J connectivity index is 1.76. The molecule has 6 nitrogen and oxygen atoms in total. The second-order valence-electron chi connectivity index (χ2n) is 6.51. The number of aryl methyl sites for hydroxylation is 1. The van der Waals surface area contributed by atoms with Crippen LogP contribution in [0.25, 0.3) is 0 Å². The number of fused-ring (bicyclic) bond motifs is 1. The van der Waals surface area contributed by atoms with Gasteiger partial charge in [0, 0.05) is 52.8 Å². The number of aromatic nitrogens is 2. The largest absolute Gasteiger partial charge is 0.383 e. The third-order valence-electron chi connectivity index (χ3n) is 4.62. The summed E-state index contributed by atoms with van der Waals surface area (Å²) in [4.78, 5) is 12.1. The smallest absolute Gasteiger partial charge is 0.222 e. The van der Waals surface area contributed by atoms with Crippen LogP contribution in [-0.2, 0) is 4.74 Å². The predicted molar refractivity (Wildman–Crippen MR) is 107 cm³/mol. The molecule has 1 aromatic heterocycles. The number of anilines is 3.